The summed E-state index contributed by atoms with van der Waals surface area (Å²) in [5, 5.41) is 14.0. The van der Waals surface area contributed by atoms with Crippen molar-refractivity contribution in [3.8, 4) is 0 Å². The Labute approximate surface area is 144 Å². The summed E-state index contributed by atoms with van der Waals surface area (Å²) in [5.41, 5.74) is 3.73. The quantitative estimate of drug-likeness (QED) is 0.856. The van der Waals surface area contributed by atoms with Gasteiger partial charge in [-0.15, -0.1) is 0 Å². The van der Waals surface area contributed by atoms with E-state index >= 15 is 0 Å². The van der Waals surface area contributed by atoms with Crippen LogP contribution in [0.5, 0.6) is 0 Å². The predicted octanol–water partition coefficient (Wildman–Crippen LogP) is 4.22. The SMILES string of the molecule is CC.CNc1noc2c1CCCC2.CNc1onc2c1CCCC2. The van der Waals surface area contributed by atoms with E-state index in [1.54, 1.807) is 0 Å². The topological polar surface area (TPSA) is 76.1 Å². The third-order valence-electron chi connectivity index (χ3n) is 4.37. The second-order valence-corrected chi connectivity index (χ2v) is 5.78. The number of aryl methyl sites for hydroxylation is 2. The van der Waals surface area contributed by atoms with E-state index in [4.69, 9.17) is 9.05 Å². The Bertz CT molecular complexity index is 537. The first-order chi connectivity index (χ1) is 11.8. The zero-order chi connectivity index (χ0) is 17.4. The zero-order valence-corrected chi connectivity index (χ0v) is 15.4. The first-order valence-corrected chi connectivity index (χ1v) is 9.13. The first kappa shape index (κ1) is 18.4. The van der Waals surface area contributed by atoms with Crippen LogP contribution in [0.3, 0.4) is 0 Å². The number of nitrogens with zero attached hydrogens (tertiary/aromatic N) is 2. The minimum Gasteiger partial charge on any atom is -0.370 e. The molecule has 0 bridgehead atoms. The second-order valence-electron chi connectivity index (χ2n) is 5.78. The Kier molecular flexibility index (Phi) is 7.15. The van der Waals surface area contributed by atoms with Crippen molar-refractivity contribution in [2.45, 2.75) is 65.2 Å². The van der Waals surface area contributed by atoms with Crippen LogP contribution in [0.4, 0.5) is 11.7 Å². The third-order valence-corrected chi connectivity index (χ3v) is 4.37. The van der Waals surface area contributed by atoms with Gasteiger partial charge in [-0.05, 0) is 44.9 Å². The van der Waals surface area contributed by atoms with Gasteiger partial charge in [0.2, 0.25) is 5.88 Å². The van der Waals surface area contributed by atoms with Crippen LogP contribution < -0.4 is 10.6 Å². The maximum absolute atomic E-state index is 5.17. The summed E-state index contributed by atoms with van der Waals surface area (Å²) in [5.74, 6) is 2.88. The summed E-state index contributed by atoms with van der Waals surface area (Å²) in [6, 6.07) is 0. The van der Waals surface area contributed by atoms with E-state index in [2.05, 4.69) is 20.9 Å². The number of hydrogen-bond acceptors (Lipinski definition) is 6. The molecule has 0 amide bonds. The standard InChI is InChI=1S/2C8H12N2O.C2H6/c1-9-8-6-4-2-3-5-7(6)11-10-8;1-9-8-6-4-2-3-5-7(6)10-11-8;1-2/h2-5H2,1H3,(H,9,10);9H,2-5H2,1H3;1-2H3. The van der Waals surface area contributed by atoms with Crippen LogP contribution in [0.2, 0.25) is 0 Å². The van der Waals surface area contributed by atoms with E-state index in [1.807, 2.05) is 27.9 Å². The smallest absolute Gasteiger partial charge is 0.227 e. The van der Waals surface area contributed by atoms with E-state index in [0.717, 1.165) is 48.8 Å². The lowest BCUT2D eigenvalue weighted by Gasteiger charge is -2.07. The largest absolute Gasteiger partial charge is 0.370 e. The molecule has 2 aliphatic carbocycles. The van der Waals surface area contributed by atoms with Crippen LogP contribution in [0.25, 0.3) is 0 Å². The molecule has 4 rings (SSSR count). The third kappa shape index (κ3) is 4.10. The van der Waals surface area contributed by atoms with Crippen molar-refractivity contribution < 1.29 is 9.05 Å². The van der Waals surface area contributed by atoms with E-state index in [1.165, 1.54) is 36.8 Å². The summed E-state index contributed by atoms with van der Waals surface area (Å²) in [7, 11) is 3.75. The van der Waals surface area contributed by atoms with E-state index in [9.17, 15) is 0 Å². The molecule has 0 radical (unpaired) electrons. The van der Waals surface area contributed by atoms with Crippen molar-refractivity contribution >= 4 is 11.7 Å². The molecule has 2 aromatic rings. The highest BCUT2D eigenvalue weighted by Gasteiger charge is 2.18. The molecule has 2 aliphatic rings. The van der Waals surface area contributed by atoms with Gasteiger partial charge >= 0.3 is 0 Å². The maximum atomic E-state index is 5.17. The number of fused-ring (bicyclic) bond motifs is 2. The Morgan fingerprint density at radius 1 is 0.750 bits per heavy atom. The van der Waals surface area contributed by atoms with E-state index in [0.29, 0.717) is 0 Å². The van der Waals surface area contributed by atoms with Gasteiger partial charge in [0.15, 0.2) is 5.82 Å². The number of nitrogens with one attached hydrogen (secondary N) is 2. The molecule has 2 heterocycles. The lowest BCUT2D eigenvalue weighted by atomic mass is 9.98. The van der Waals surface area contributed by atoms with Crippen molar-refractivity contribution in [3.05, 3.63) is 22.6 Å². The Balaban J connectivity index is 0.000000158. The molecule has 0 spiro atoms. The fourth-order valence-electron chi connectivity index (χ4n) is 3.17. The van der Waals surface area contributed by atoms with Gasteiger partial charge in [-0.3, -0.25) is 0 Å². The molecule has 0 fully saturated rings. The van der Waals surface area contributed by atoms with Gasteiger partial charge in [-0.25, -0.2) is 0 Å². The van der Waals surface area contributed by atoms with Crippen LogP contribution in [0.1, 0.15) is 62.1 Å². The molecule has 2 aromatic heterocycles. The summed E-state index contributed by atoms with van der Waals surface area (Å²) in [6.07, 6.45) is 9.41. The molecule has 134 valence electrons. The highest BCUT2D eigenvalue weighted by Crippen LogP contribution is 2.27. The molecule has 0 unspecified atom stereocenters. The lowest BCUT2D eigenvalue weighted by molar-refractivity contribution is 0.374. The van der Waals surface area contributed by atoms with Crippen molar-refractivity contribution in [1.82, 2.24) is 10.3 Å². The van der Waals surface area contributed by atoms with Crippen molar-refractivity contribution in [3.63, 3.8) is 0 Å². The van der Waals surface area contributed by atoms with Crippen molar-refractivity contribution in [2.24, 2.45) is 0 Å². The van der Waals surface area contributed by atoms with Gasteiger partial charge in [-0.2, -0.15) is 0 Å². The molecular formula is C18H30N4O2. The van der Waals surface area contributed by atoms with E-state index in [-0.39, 0.29) is 0 Å². The summed E-state index contributed by atoms with van der Waals surface area (Å²) in [6.45, 7) is 4.00. The molecule has 6 nitrogen and oxygen atoms in total. The van der Waals surface area contributed by atoms with Crippen LogP contribution in [0.15, 0.2) is 9.05 Å². The van der Waals surface area contributed by atoms with E-state index < -0.39 is 0 Å². The van der Waals surface area contributed by atoms with Crippen molar-refractivity contribution in [1.29, 1.82) is 0 Å². The molecule has 2 N–H and O–H groups in total. The summed E-state index contributed by atoms with van der Waals surface area (Å²) < 4.78 is 10.3. The fraction of sp³-hybridized carbons (Fsp3) is 0.667. The normalized spacial score (nSPS) is 15.0. The average Bonchev–Trinajstić information content (AvgIpc) is 3.27. The maximum Gasteiger partial charge on any atom is 0.227 e. The van der Waals surface area contributed by atoms with Gasteiger partial charge in [0, 0.05) is 31.6 Å². The second kappa shape index (κ2) is 9.35. The van der Waals surface area contributed by atoms with Crippen LogP contribution in [-0.4, -0.2) is 24.4 Å². The van der Waals surface area contributed by atoms with Gasteiger partial charge in [0.05, 0.1) is 5.69 Å². The zero-order valence-electron chi connectivity index (χ0n) is 15.4. The predicted molar refractivity (Wildman–Crippen MR) is 96.7 cm³/mol. The average molecular weight is 334 g/mol. The highest BCUT2D eigenvalue weighted by molar-refractivity contribution is 5.45. The Morgan fingerprint density at radius 2 is 1.42 bits per heavy atom. The monoisotopic (exact) mass is 334 g/mol. The molecule has 0 saturated carbocycles. The van der Waals surface area contributed by atoms with Crippen LogP contribution in [-0.2, 0) is 25.7 Å². The Morgan fingerprint density at radius 3 is 2.12 bits per heavy atom. The molecule has 0 aromatic carbocycles. The molecule has 6 heteroatoms. The minimum atomic E-state index is 0.861. The highest BCUT2D eigenvalue weighted by atomic mass is 16.5. The van der Waals surface area contributed by atoms with Gasteiger partial charge in [0.1, 0.15) is 5.76 Å². The lowest BCUT2D eigenvalue weighted by Crippen LogP contribution is -2.02. The molecule has 0 atom stereocenters. The molecule has 0 saturated heterocycles. The van der Waals surface area contributed by atoms with Crippen molar-refractivity contribution in [2.75, 3.05) is 24.7 Å². The molecule has 24 heavy (non-hydrogen) atoms. The molecular weight excluding hydrogens is 304 g/mol. The minimum absolute atomic E-state index is 0.861. The van der Waals surface area contributed by atoms with Gasteiger partial charge in [0.25, 0.3) is 0 Å². The first-order valence-electron chi connectivity index (χ1n) is 9.13. The number of rotatable bonds is 2. The fourth-order valence-corrected chi connectivity index (χ4v) is 3.17. The Hall–Kier alpha value is -1.98. The van der Waals surface area contributed by atoms with Crippen LogP contribution in [0, 0.1) is 0 Å². The summed E-state index contributed by atoms with van der Waals surface area (Å²) in [4.78, 5) is 0. The molecule has 0 aliphatic heterocycles. The number of anilines is 2. The number of hydrogen-bond donors (Lipinski definition) is 2. The number of aromatic nitrogens is 2. The van der Waals surface area contributed by atoms with Gasteiger partial charge < -0.3 is 19.7 Å². The summed E-state index contributed by atoms with van der Waals surface area (Å²) >= 11 is 0. The van der Waals surface area contributed by atoms with Crippen LogP contribution >= 0.6 is 0 Å². The van der Waals surface area contributed by atoms with Gasteiger partial charge in [-0.1, -0.05) is 24.2 Å².